The van der Waals surface area contributed by atoms with Crippen LogP contribution in [0.25, 0.3) is 17.3 Å². The van der Waals surface area contributed by atoms with E-state index in [-0.39, 0.29) is 42.0 Å². The Morgan fingerprint density at radius 3 is 2.65 bits per heavy atom. The fourth-order valence-corrected chi connectivity index (χ4v) is 5.89. The van der Waals surface area contributed by atoms with Crippen LogP contribution in [0, 0.1) is 0 Å². The average molecular weight is 472 g/mol. The van der Waals surface area contributed by atoms with Gasteiger partial charge in [-0.1, -0.05) is 17.3 Å². The van der Waals surface area contributed by atoms with E-state index in [2.05, 4.69) is 15.1 Å². The summed E-state index contributed by atoms with van der Waals surface area (Å²) in [6, 6.07) is 8.48. The number of rotatable bonds is 3. The van der Waals surface area contributed by atoms with Gasteiger partial charge in [-0.3, -0.25) is 23.9 Å². The van der Waals surface area contributed by atoms with Crippen LogP contribution in [0.4, 0.5) is 0 Å². The zero-order chi connectivity index (χ0) is 23.0. The third-order valence-corrected chi connectivity index (χ3v) is 7.47. The van der Waals surface area contributed by atoms with Crippen molar-refractivity contribution in [2.45, 2.75) is 25.4 Å². The molecule has 3 aliphatic rings. The van der Waals surface area contributed by atoms with Gasteiger partial charge in [0.25, 0.3) is 23.6 Å². The molecule has 6 heterocycles. The first-order valence-electron chi connectivity index (χ1n) is 10.9. The Morgan fingerprint density at radius 1 is 1.06 bits per heavy atom. The third kappa shape index (κ3) is 2.55. The van der Waals surface area contributed by atoms with Gasteiger partial charge in [0.2, 0.25) is 0 Å². The molecule has 1 atom stereocenters. The number of aromatic nitrogens is 4. The van der Waals surface area contributed by atoms with Crippen molar-refractivity contribution in [2.24, 2.45) is 0 Å². The van der Waals surface area contributed by atoms with Crippen molar-refractivity contribution in [3.8, 4) is 17.3 Å². The summed E-state index contributed by atoms with van der Waals surface area (Å²) in [6.45, 7) is 0.578. The van der Waals surface area contributed by atoms with Gasteiger partial charge in [0, 0.05) is 6.54 Å². The molecule has 0 unspecified atom stereocenters. The Morgan fingerprint density at radius 2 is 1.85 bits per heavy atom. The molecule has 0 spiro atoms. The van der Waals surface area contributed by atoms with Crippen LogP contribution in [0.5, 0.6) is 0 Å². The fourth-order valence-electron chi connectivity index (χ4n) is 5.05. The van der Waals surface area contributed by atoms with Crippen LogP contribution in [0.2, 0.25) is 0 Å². The topological polar surface area (TPSA) is 114 Å². The SMILES string of the molecule is O=C1c2ccccc2C(=O)N1Cc1noc(-c2ncn3c2[C@@H]2CCCN2C(=O)c2sccc2-3)n1. The molecular formula is C23H16N6O4S. The van der Waals surface area contributed by atoms with Crippen molar-refractivity contribution in [3.05, 3.63) is 69.6 Å². The first kappa shape index (κ1) is 19.4. The van der Waals surface area contributed by atoms with Crippen LogP contribution in [0.15, 0.2) is 46.6 Å². The number of benzene rings is 1. The molecule has 11 heteroatoms. The summed E-state index contributed by atoms with van der Waals surface area (Å²) < 4.78 is 7.47. The maximum absolute atomic E-state index is 13.1. The smallest absolute Gasteiger partial charge is 0.278 e. The van der Waals surface area contributed by atoms with Crippen molar-refractivity contribution in [2.75, 3.05) is 6.54 Å². The zero-order valence-electron chi connectivity index (χ0n) is 17.7. The number of thiophene rings is 1. The normalized spacial score (nSPS) is 18.7. The lowest BCUT2D eigenvalue weighted by atomic mass is 10.1. The Kier molecular flexibility index (Phi) is 3.95. The molecule has 4 aromatic rings. The van der Waals surface area contributed by atoms with E-state index in [1.54, 1.807) is 30.6 Å². The molecule has 3 aliphatic heterocycles. The average Bonchev–Trinajstić information content (AvgIpc) is 3.66. The van der Waals surface area contributed by atoms with Gasteiger partial charge in [-0.05, 0) is 36.4 Å². The molecular weight excluding hydrogens is 456 g/mol. The standard InChI is InChI=1S/C23H16N6O4S/c30-21-12-4-1-2-5-13(12)22(31)28(21)10-16-25-20(33-26-16)17-18-14-6-3-8-27(14)23(32)19-15(7-9-34-19)29(18)11-24-17/h1-2,4-5,7,9,11,14H,3,6,8,10H2/t14-/m0/s1. The number of hydrogen-bond donors (Lipinski definition) is 0. The predicted molar refractivity (Wildman–Crippen MR) is 118 cm³/mol. The van der Waals surface area contributed by atoms with Crippen molar-refractivity contribution in [1.29, 1.82) is 0 Å². The lowest BCUT2D eigenvalue weighted by molar-refractivity contribution is 0.0636. The molecule has 3 amide bonds. The third-order valence-electron chi connectivity index (χ3n) is 6.58. The highest BCUT2D eigenvalue weighted by molar-refractivity contribution is 7.12. The second-order valence-corrected chi connectivity index (χ2v) is 9.31. The number of fused-ring (bicyclic) bond motifs is 6. The number of hydrogen-bond acceptors (Lipinski definition) is 8. The largest absolute Gasteiger partial charge is 0.332 e. The molecule has 1 aromatic carbocycles. The quantitative estimate of drug-likeness (QED) is 0.421. The van der Waals surface area contributed by atoms with Gasteiger partial charge in [-0.2, -0.15) is 4.98 Å². The molecule has 3 aromatic heterocycles. The van der Waals surface area contributed by atoms with Gasteiger partial charge in [-0.15, -0.1) is 11.3 Å². The van der Waals surface area contributed by atoms with E-state index in [0.29, 0.717) is 28.2 Å². The van der Waals surface area contributed by atoms with E-state index in [9.17, 15) is 14.4 Å². The number of carbonyl (C=O) groups excluding carboxylic acids is 3. The monoisotopic (exact) mass is 472 g/mol. The number of imidazole rings is 1. The second-order valence-electron chi connectivity index (χ2n) is 8.40. The molecule has 168 valence electrons. The van der Waals surface area contributed by atoms with Crippen LogP contribution in [0.3, 0.4) is 0 Å². The summed E-state index contributed by atoms with van der Waals surface area (Å²) in [6.07, 6.45) is 3.39. The summed E-state index contributed by atoms with van der Waals surface area (Å²) in [4.78, 5) is 51.2. The van der Waals surface area contributed by atoms with Gasteiger partial charge in [0.05, 0.1) is 35.1 Å². The first-order chi connectivity index (χ1) is 16.6. The van der Waals surface area contributed by atoms with Gasteiger partial charge in [-0.25, -0.2) is 4.98 Å². The molecule has 34 heavy (non-hydrogen) atoms. The fraction of sp³-hybridized carbons (Fsp3) is 0.217. The minimum atomic E-state index is -0.382. The van der Waals surface area contributed by atoms with Gasteiger partial charge < -0.3 is 9.42 Å². The van der Waals surface area contributed by atoms with Gasteiger partial charge in [0.15, 0.2) is 11.5 Å². The van der Waals surface area contributed by atoms with Crippen molar-refractivity contribution in [1.82, 2.24) is 29.5 Å². The summed E-state index contributed by atoms with van der Waals surface area (Å²) in [7, 11) is 0. The number of carbonyl (C=O) groups is 3. The van der Waals surface area contributed by atoms with Crippen LogP contribution >= 0.6 is 11.3 Å². The molecule has 0 aliphatic carbocycles. The van der Waals surface area contributed by atoms with E-state index in [4.69, 9.17) is 4.52 Å². The Bertz CT molecular complexity index is 1480. The van der Waals surface area contributed by atoms with Crippen LogP contribution in [-0.4, -0.2) is 53.8 Å². The molecule has 1 fully saturated rings. The molecule has 0 saturated carbocycles. The van der Waals surface area contributed by atoms with Crippen LogP contribution in [0.1, 0.15) is 60.8 Å². The highest BCUT2D eigenvalue weighted by Crippen LogP contribution is 2.43. The predicted octanol–water partition coefficient (Wildman–Crippen LogP) is 3.07. The van der Waals surface area contributed by atoms with Crippen LogP contribution in [-0.2, 0) is 6.54 Å². The van der Waals surface area contributed by atoms with E-state index < -0.39 is 0 Å². The Hall–Kier alpha value is -4.12. The van der Waals surface area contributed by atoms with Gasteiger partial charge in [0.1, 0.15) is 11.2 Å². The highest BCUT2D eigenvalue weighted by atomic mass is 32.1. The maximum atomic E-state index is 13.1. The Labute approximate surface area is 196 Å². The Balaban J connectivity index is 1.25. The highest BCUT2D eigenvalue weighted by Gasteiger charge is 2.41. The summed E-state index contributed by atoms with van der Waals surface area (Å²) in [5, 5.41) is 5.91. The van der Waals surface area contributed by atoms with E-state index >= 15 is 0 Å². The van der Waals surface area contributed by atoms with E-state index in [1.165, 1.54) is 11.3 Å². The molecule has 0 N–H and O–H groups in total. The summed E-state index contributed by atoms with van der Waals surface area (Å²) in [5.41, 5.74) is 2.87. The lowest BCUT2D eigenvalue weighted by Gasteiger charge is -2.22. The number of nitrogens with zero attached hydrogens (tertiary/aromatic N) is 6. The van der Waals surface area contributed by atoms with E-state index in [0.717, 1.165) is 29.1 Å². The molecule has 0 bridgehead atoms. The molecule has 7 rings (SSSR count). The molecule has 1 saturated heterocycles. The minimum absolute atomic E-state index is 0.0268. The van der Waals surface area contributed by atoms with Crippen molar-refractivity contribution >= 4 is 29.1 Å². The van der Waals surface area contributed by atoms with Crippen molar-refractivity contribution in [3.63, 3.8) is 0 Å². The maximum Gasteiger partial charge on any atom is 0.278 e. The van der Waals surface area contributed by atoms with Gasteiger partial charge >= 0.3 is 0 Å². The summed E-state index contributed by atoms with van der Waals surface area (Å²) >= 11 is 1.42. The molecule has 10 nitrogen and oxygen atoms in total. The number of imide groups is 1. The molecule has 0 radical (unpaired) electrons. The van der Waals surface area contributed by atoms with Crippen molar-refractivity contribution < 1.29 is 18.9 Å². The first-order valence-corrected chi connectivity index (χ1v) is 11.7. The number of amides is 3. The van der Waals surface area contributed by atoms with E-state index in [1.807, 2.05) is 20.9 Å². The zero-order valence-corrected chi connectivity index (χ0v) is 18.5. The lowest BCUT2D eigenvalue weighted by Crippen LogP contribution is -2.29. The van der Waals surface area contributed by atoms with Crippen LogP contribution < -0.4 is 0 Å². The summed E-state index contributed by atoms with van der Waals surface area (Å²) in [5.74, 6) is -0.339. The minimum Gasteiger partial charge on any atom is -0.332 e. The second kappa shape index (κ2) is 6.94.